The van der Waals surface area contributed by atoms with Crippen LogP contribution in [0.1, 0.15) is 24.0 Å². The van der Waals surface area contributed by atoms with E-state index >= 15 is 0 Å². The van der Waals surface area contributed by atoms with Crippen molar-refractivity contribution in [2.24, 2.45) is 14.1 Å². The summed E-state index contributed by atoms with van der Waals surface area (Å²) in [5.74, 6) is 1.18. The summed E-state index contributed by atoms with van der Waals surface area (Å²) in [5, 5.41) is 12.3. The maximum Gasteiger partial charge on any atom is 0.332 e. The van der Waals surface area contributed by atoms with Gasteiger partial charge in [0.25, 0.3) is 5.56 Å². The van der Waals surface area contributed by atoms with Gasteiger partial charge in [0, 0.05) is 39.9 Å². The Labute approximate surface area is 145 Å². The summed E-state index contributed by atoms with van der Waals surface area (Å²) < 4.78 is 2.20. The predicted molar refractivity (Wildman–Crippen MR) is 94.6 cm³/mol. The molecule has 2 aromatic rings. The minimum absolute atomic E-state index is 0.0775. The molecule has 130 valence electrons. The number of aromatic nitrogens is 3. The molecule has 0 radical (unpaired) electrons. The fourth-order valence-corrected chi connectivity index (χ4v) is 2.99. The monoisotopic (exact) mass is 340 g/mol. The zero-order valence-corrected chi connectivity index (χ0v) is 14.3. The zero-order chi connectivity index (χ0) is 18.0. The fourth-order valence-electron chi connectivity index (χ4n) is 2.99. The third-order valence-electron chi connectivity index (χ3n) is 4.48. The van der Waals surface area contributed by atoms with E-state index in [0.717, 1.165) is 29.0 Å². The number of nitrogens with zero attached hydrogens (tertiary/aromatic N) is 5. The molecular weight excluding hydrogens is 320 g/mol. The molecule has 3 rings (SSSR count). The molecule has 1 N–H and O–H groups in total. The molecule has 0 aliphatic carbocycles. The lowest BCUT2D eigenvalue weighted by Gasteiger charge is -2.17. The molecule has 0 bridgehead atoms. The number of hydrogen-bond acceptors (Lipinski definition) is 6. The summed E-state index contributed by atoms with van der Waals surface area (Å²) in [6.07, 6.45) is 4.16. The first kappa shape index (κ1) is 16.8. The summed E-state index contributed by atoms with van der Waals surface area (Å²) in [6.45, 7) is 2.43. The summed E-state index contributed by atoms with van der Waals surface area (Å²) >= 11 is 0. The quantitative estimate of drug-likeness (QED) is 0.874. The number of nitrogens with one attached hydrogen (secondary N) is 1. The second kappa shape index (κ2) is 6.81. The highest BCUT2D eigenvalue weighted by atomic mass is 16.2. The molecule has 2 aromatic heterocycles. The van der Waals surface area contributed by atoms with Crippen LogP contribution in [0.2, 0.25) is 0 Å². The molecule has 0 aromatic carbocycles. The Hall–Kier alpha value is -3.08. The lowest BCUT2D eigenvalue weighted by molar-refractivity contribution is 0.685. The molecule has 8 nitrogen and oxygen atoms in total. The Morgan fingerprint density at radius 3 is 2.52 bits per heavy atom. The van der Waals surface area contributed by atoms with Crippen LogP contribution in [0.25, 0.3) is 0 Å². The molecule has 0 atom stereocenters. The van der Waals surface area contributed by atoms with E-state index in [-0.39, 0.29) is 11.4 Å². The highest BCUT2D eigenvalue weighted by Crippen LogP contribution is 2.18. The van der Waals surface area contributed by atoms with Gasteiger partial charge in [-0.15, -0.1) is 0 Å². The minimum Gasteiger partial charge on any atom is -0.366 e. The SMILES string of the molecule is Cn1c(NCc2ccc(N3CCCC3)nc2)c(C#N)c(=O)n(C)c1=O. The van der Waals surface area contributed by atoms with E-state index < -0.39 is 11.2 Å². The largest absolute Gasteiger partial charge is 0.366 e. The maximum absolute atomic E-state index is 12.1. The van der Waals surface area contributed by atoms with Crippen LogP contribution < -0.4 is 21.5 Å². The van der Waals surface area contributed by atoms with Crippen molar-refractivity contribution in [3.63, 3.8) is 0 Å². The van der Waals surface area contributed by atoms with Gasteiger partial charge in [0.15, 0.2) is 5.56 Å². The van der Waals surface area contributed by atoms with Gasteiger partial charge in [-0.1, -0.05) is 6.07 Å². The first-order valence-electron chi connectivity index (χ1n) is 8.17. The third kappa shape index (κ3) is 3.13. The van der Waals surface area contributed by atoms with Crippen molar-refractivity contribution in [3.05, 3.63) is 50.3 Å². The molecule has 0 spiro atoms. The fraction of sp³-hybridized carbons (Fsp3) is 0.412. The molecule has 0 amide bonds. The van der Waals surface area contributed by atoms with Crippen molar-refractivity contribution >= 4 is 11.6 Å². The normalized spacial score (nSPS) is 13.7. The second-order valence-electron chi connectivity index (χ2n) is 6.11. The average molecular weight is 340 g/mol. The van der Waals surface area contributed by atoms with E-state index in [1.54, 1.807) is 6.20 Å². The lowest BCUT2D eigenvalue weighted by Crippen LogP contribution is -2.39. The van der Waals surface area contributed by atoms with Crippen molar-refractivity contribution in [2.75, 3.05) is 23.3 Å². The first-order chi connectivity index (χ1) is 12.0. The van der Waals surface area contributed by atoms with Crippen LogP contribution in [0, 0.1) is 11.3 Å². The first-order valence-corrected chi connectivity index (χ1v) is 8.17. The molecule has 1 saturated heterocycles. The van der Waals surface area contributed by atoms with E-state index in [1.165, 1.54) is 31.5 Å². The summed E-state index contributed by atoms with van der Waals surface area (Å²) in [4.78, 5) is 30.8. The molecule has 25 heavy (non-hydrogen) atoms. The molecular formula is C17H20N6O2. The van der Waals surface area contributed by atoms with Crippen LogP contribution in [0.15, 0.2) is 27.9 Å². The van der Waals surface area contributed by atoms with Gasteiger partial charge in [-0.05, 0) is 24.5 Å². The Morgan fingerprint density at radius 1 is 1.20 bits per heavy atom. The molecule has 8 heteroatoms. The topological polar surface area (TPSA) is 95.9 Å². The summed E-state index contributed by atoms with van der Waals surface area (Å²) in [6, 6.07) is 5.80. The molecule has 0 unspecified atom stereocenters. The van der Waals surface area contributed by atoms with E-state index in [0.29, 0.717) is 6.54 Å². The van der Waals surface area contributed by atoms with Crippen LogP contribution in [0.3, 0.4) is 0 Å². The van der Waals surface area contributed by atoms with Crippen LogP contribution in [-0.4, -0.2) is 27.2 Å². The number of rotatable bonds is 4. The molecule has 3 heterocycles. The van der Waals surface area contributed by atoms with Gasteiger partial charge in [0.05, 0.1) is 0 Å². The van der Waals surface area contributed by atoms with E-state index in [9.17, 15) is 14.9 Å². The molecule has 1 aliphatic heterocycles. The zero-order valence-electron chi connectivity index (χ0n) is 14.3. The number of hydrogen-bond donors (Lipinski definition) is 1. The Balaban J connectivity index is 1.81. The van der Waals surface area contributed by atoms with E-state index in [1.807, 2.05) is 18.2 Å². The lowest BCUT2D eigenvalue weighted by atomic mass is 10.2. The van der Waals surface area contributed by atoms with Gasteiger partial charge in [0.2, 0.25) is 0 Å². The van der Waals surface area contributed by atoms with Gasteiger partial charge in [-0.2, -0.15) is 5.26 Å². The van der Waals surface area contributed by atoms with E-state index in [4.69, 9.17) is 0 Å². The highest BCUT2D eigenvalue weighted by Gasteiger charge is 2.16. The number of anilines is 2. The Morgan fingerprint density at radius 2 is 1.92 bits per heavy atom. The Kier molecular flexibility index (Phi) is 4.57. The minimum atomic E-state index is -0.601. The van der Waals surface area contributed by atoms with Crippen molar-refractivity contribution < 1.29 is 0 Å². The third-order valence-corrected chi connectivity index (χ3v) is 4.48. The van der Waals surface area contributed by atoms with Crippen molar-refractivity contribution in [1.82, 2.24) is 14.1 Å². The van der Waals surface area contributed by atoms with Crippen molar-refractivity contribution in [3.8, 4) is 6.07 Å². The standard InChI is InChI=1S/C17H20N6O2/c1-21-15(13(9-18)16(24)22(2)17(21)25)20-11-12-5-6-14(19-10-12)23-7-3-4-8-23/h5-6,10,20H,3-4,7-8,11H2,1-2H3. The van der Waals surface area contributed by atoms with Gasteiger partial charge in [-0.3, -0.25) is 13.9 Å². The second-order valence-corrected chi connectivity index (χ2v) is 6.11. The van der Waals surface area contributed by atoms with Crippen molar-refractivity contribution in [2.45, 2.75) is 19.4 Å². The Bertz CT molecular complexity index is 930. The van der Waals surface area contributed by atoms with Gasteiger partial charge < -0.3 is 10.2 Å². The predicted octanol–water partition coefficient (Wildman–Crippen LogP) is 0.563. The maximum atomic E-state index is 12.1. The van der Waals surface area contributed by atoms with E-state index in [2.05, 4.69) is 15.2 Å². The van der Waals surface area contributed by atoms with Gasteiger partial charge in [0.1, 0.15) is 17.7 Å². The average Bonchev–Trinajstić information content (AvgIpc) is 3.17. The van der Waals surface area contributed by atoms with Crippen LogP contribution in [0.4, 0.5) is 11.6 Å². The molecule has 1 aliphatic rings. The number of nitriles is 1. The summed E-state index contributed by atoms with van der Waals surface area (Å²) in [7, 11) is 2.88. The molecule has 1 fully saturated rings. The molecule has 0 saturated carbocycles. The van der Waals surface area contributed by atoms with Gasteiger partial charge in [-0.25, -0.2) is 9.78 Å². The van der Waals surface area contributed by atoms with Crippen LogP contribution in [0.5, 0.6) is 0 Å². The smallest absolute Gasteiger partial charge is 0.332 e. The summed E-state index contributed by atoms with van der Waals surface area (Å²) in [5.41, 5.74) is -0.254. The van der Waals surface area contributed by atoms with Crippen molar-refractivity contribution in [1.29, 1.82) is 5.26 Å². The highest BCUT2D eigenvalue weighted by molar-refractivity contribution is 5.51. The van der Waals surface area contributed by atoms with Crippen LogP contribution >= 0.6 is 0 Å². The van der Waals surface area contributed by atoms with Gasteiger partial charge >= 0.3 is 5.69 Å². The van der Waals surface area contributed by atoms with Crippen LogP contribution in [-0.2, 0) is 20.6 Å². The number of pyridine rings is 1.